The maximum atomic E-state index is 12.2. The Hall–Kier alpha value is -1.50. The van der Waals surface area contributed by atoms with Crippen molar-refractivity contribution in [2.24, 2.45) is 0 Å². The predicted octanol–water partition coefficient (Wildman–Crippen LogP) is 1.42. The first-order valence-electron chi connectivity index (χ1n) is 7.04. The summed E-state index contributed by atoms with van der Waals surface area (Å²) in [5.41, 5.74) is 1.02. The normalized spacial score (nSPS) is 11.9. The summed E-state index contributed by atoms with van der Waals surface area (Å²) in [7, 11) is 3.47. The van der Waals surface area contributed by atoms with Crippen molar-refractivity contribution in [3.05, 3.63) is 23.8 Å². The van der Waals surface area contributed by atoms with Crippen molar-refractivity contribution < 1.29 is 19.0 Å². The van der Waals surface area contributed by atoms with Crippen molar-refractivity contribution in [2.75, 3.05) is 40.6 Å². The summed E-state index contributed by atoms with van der Waals surface area (Å²) in [6.45, 7) is 2.57. The van der Waals surface area contributed by atoms with Gasteiger partial charge in [0.2, 0.25) is 12.7 Å². The van der Waals surface area contributed by atoms with Crippen LogP contribution in [0.3, 0.4) is 0 Å². The molecule has 0 bridgehead atoms. The maximum absolute atomic E-state index is 12.2. The molecular weight excluding hydrogens is 308 g/mol. The lowest BCUT2D eigenvalue weighted by atomic mass is 10.2. The van der Waals surface area contributed by atoms with Crippen molar-refractivity contribution in [1.82, 2.24) is 10.2 Å². The second-order valence-electron chi connectivity index (χ2n) is 4.85. The zero-order valence-electron chi connectivity index (χ0n) is 13.0. The van der Waals surface area contributed by atoms with Crippen LogP contribution in [-0.4, -0.2) is 51.5 Å². The lowest BCUT2D eigenvalue weighted by Gasteiger charge is -2.22. The molecule has 6 nitrogen and oxygen atoms in total. The van der Waals surface area contributed by atoms with Crippen LogP contribution in [0.5, 0.6) is 11.5 Å². The quantitative estimate of drug-likeness (QED) is 0.781. The number of amides is 1. The van der Waals surface area contributed by atoms with Crippen molar-refractivity contribution in [1.29, 1.82) is 0 Å². The summed E-state index contributed by atoms with van der Waals surface area (Å²) in [6, 6.07) is 5.76. The Morgan fingerprint density at radius 1 is 1.36 bits per heavy atom. The Kier molecular flexibility index (Phi) is 8.01. The number of hydrogen-bond acceptors (Lipinski definition) is 5. The van der Waals surface area contributed by atoms with Gasteiger partial charge in [-0.2, -0.15) is 0 Å². The summed E-state index contributed by atoms with van der Waals surface area (Å²) in [6.07, 6.45) is 0.477. The second kappa shape index (κ2) is 9.50. The Morgan fingerprint density at radius 2 is 2.14 bits per heavy atom. The number of carbonyl (C=O) groups is 1. The van der Waals surface area contributed by atoms with Gasteiger partial charge in [0.1, 0.15) is 0 Å². The average Bonchev–Trinajstić information content (AvgIpc) is 2.96. The maximum Gasteiger partial charge on any atom is 0.231 e. The van der Waals surface area contributed by atoms with E-state index in [1.54, 1.807) is 12.0 Å². The van der Waals surface area contributed by atoms with Crippen molar-refractivity contribution in [3.63, 3.8) is 0 Å². The first-order chi connectivity index (χ1) is 10.2. The molecule has 0 aromatic heterocycles. The summed E-state index contributed by atoms with van der Waals surface area (Å²) >= 11 is 0. The van der Waals surface area contributed by atoms with Gasteiger partial charge in [0.25, 0.3) is 0 Å². The number of ether oxygens (including phenoxy) is 3. The molecule has 1 N–H and O–H groups in total. The first kappa shape index (κ1) is 18.5. The van der Waals surface area contributed by atoms with E-state index in [2.05, 4.69) is 5.32 Å². The SMILES string of the molecule is CNCCC(=O)N(CCOC)Cc1ccc2c(c1)OCO2.Cl. The molecule has 2 rings (SSSR count). The first-order valence-corrected chi connectivity index (χ1v) is 7.04. The van der Waals surface area contributed by atoms with Crippen LogP contribution < -0.4 is 14.8 Å². The molecule has 1 aliphatic heterocycles. The highest BCUT2D eigenvalue weighted by atomic mass is 35.5. The molecule has 0 spiro atoms. The molecule has 7 heteroatoms. The van der Waals surface area contributed by atoms with E-state index in [0.717, 1.165) is 17.1 Å². The molecule has 1 aromatic carbocycles. The van der Waals surface area contributed by atoms with Crippen LogP contribution in [-0.2, 0) is 16.1 Å². The van der Waals surface area contributed by atoms with Crippen LogP contribution in [0.2, 0.25) is 0 Å². The van der Waals surface area contributed by atoms with Gasteiger partial charge < -0.3 is 24.4 Å². The monoisotopic (exact) mass is 330 g/mol. The third-order valence-electron chi connectivity index (χ3n) is 3.32. The number of carbonyl (C=O) groups excluding carboxylic acids is 1. The Balaban J connectivity index is 0.00000242. The van der Waals surface area contributed by atoms with Crippen LogP contribution >= 0.6 is 12.4 Å². The fourth-order valence-corrected chi connectivity index (χ4v) is 2.14. The second-order valence-corrected chi connectivity index (χ2v) is 4.85. The van der Waals surface area contributed by atoms with Crippen molar-refractivity contribution in [3.8, 4) is 11.5 Å². The number of halogens is 1. The molecular formula is C15H23ClN2O4. The smallest absolute Gasteiger partial charge is 0.231 e. The molecule has 1 heterocycles. The molecule has 0 atom stereocenters. The van der Waals surface area contributed by atoms with Gasteiger partial charge in [-0.25, -0.2) is 0 Å². The summed E-state index contributed by atoms with van der Waals surface area (Å²) < 4.78 is 15.7. The van der Waals surface area contributed by atoms with Crippen LogP contribution in [0.1, 0.15) is 12.0 Å². The third kappa shape index (κ3) is 5.05. The molecule has 124 valence electrons. The van der Waals surface area contributed by atoms with Crippen LogP contribution in [0.25, 0.3) is 0 Å². The van der Waals surface area contributed by atoms with Crippen LogP contribution in [0.4, 0.5) is 0 Å². The molecule has 1 amide bonds. The molecule has 0 aliphatic carbocycles. The molecule has 0 unspecified atom stereocenters. The predicted molar refractivity (Wildman–Crippen MR) is 85.6 cm³/mol. The van der Waals surface area contributed by atoms with Gasteiger partial charge >= 0.3 is 0 Å². The molecule has 22 heavy (non-hydrogen) atoms. The van der Waals surface area contributed by atoms with Gasteiger partial charge in [-0.3, -0.25) is 4.79 Å². The molecule has 1 aromatic rings. The average molecular weight is 331 g/mol. The largest absolute Gasteiger partial charge is 0.454 e. The molecule has 0 radical (unpaired) electrons. The van der Waals surface area contributed by atoms with E-state index in [-0.39, 0.29) is 25.1 Å². The number of hydrogen-bond donors (Lipinski definition) is 1. The topological polar surface area (TPSA) is 60.0 Å². The van der Waals surface area contributed by atoms with Gasteiger partial charge in [0, 0.05) is 33.2 Å². The number of nitrogens with one attached hydrogen (secondary N) is 1. The zero-order chi connectivity index (χ0) is 15.1. The van der Waals surface area contributed by atoms with Gasteiger partial charge in [-0.15, -0.1) is 12.4 Å². The van der Waals surface area contributed by atoms with Crippen molar-refractivity contribution in [2.45, 2.75) is 13.0 Å². The minimum Gasteiger partial charge on any atom is -0.454 e. The number of methoxy groups -OCH3 is 1. The van der Waals surface area contributed by atoms with E-state index in [9.17, 15) is 4.79 Å². The minimum absolute atomic E-state index is 0. The van der Waals surface area contributed by atoms with Gasteiger partial charge in [-0.05, 0) is 24.7 Å². The van der Waals surface area contributed by atoms with Gasteiger partial charge in [-0.1, -0.05) is 6.07 Å². The zero-order valence-corrected chi connectivity index (χ0v) is 13.8. The number of benzene rings is 1. The summed E-state index contributed by atoms with van der Waals surface area (Å²) in [5, 5.41) is 2.99. The Bertz CT molecular complexity index is 485. The highest BCUT2D eigenvalue weighted by Crippen LogP contribution is 2.32. The van der Waals surface area contributed by atoms with E-state index in [4.69, 9.17) is 14.2 Å². The fourth-order valence-electron chi connectivity index (χ4n) is 2.14. The van der Waals surface area contributed by atoms with E-state index < -0.39 is 0 Å². The highest BCUT2D eigenvalue weighted by Gasteiger charge is 2.17. The molecule has 0 fully saturated rings. The summed E-state index contributed by atoms with van der Waals surface area (Å²) in [5.74, 6) is 1.60. The Morgan fingerprint density at radius 3 is 2.86 bits per heavy atom. The molecule has 1 aliphatic rings. The van der Waals surface area contributed by atoms with E-state index in [0.29, 0.717) is 32.7 Å². The fraction of sp³-hybridized carbons (Fsp3) is 0.533. The minimum atomic E-state index is 0. The third-order valence-corrected chi connectivity index (χ3v) is 3.32. The standard InChI is InChI=1S/C15H22N2O4.ClH/c1-16-6-5-15(18)17(7-8-19-2)10-12-3-4-13-14(9-12)21-11-20-13;/h3-4,9,16H,5-8,10-11H2,1-2H3;1H. The van der Waals surface area contributed by atoms with Crippen LogP contribution in [0.15, 0.2) is 18.2 Å². The lowest BCUT2D eigenvalue weighted by molar-refractivity contribution is -0.132. The van der Waals surface area contributed by atoms with Gasteiger partial charge in [0.05, 0.1) is 6.61 Å². The van der Waals surface area contributed by atoms with Crippen molar-refractivity contribution >= 4 is 18.3 Å². The molecule has 0 saturated carbocycles. The van der Waals surface area contributed by atoms with E-state index in [1.807, 2.05) is 25.2 Å². The summed E-state index contributed by atoms with van der Waals surface area (Å²) in [4.78, 5) is 14.0. The number of rotatable bonds is 8. The molecule has 0 saturated heterocycles. The van der Waals surface area contributed by atoms with E-state index >= 15 is 0 Å². The Labute approximate surface area is 137 Å². The van der Waals surface area contributed by atoms with Gasteiger partial charge in [0.15, 0.2) is 11.5 Å². The number of nitrogens with zero attached hydrogens (tertiary/aromatic N) is 1. The lowest BCUT2D eigenvalue weighted by Crippen LogP contribution is -2.34. The van der Waals surface area contributed by atoms with Crippen LogP contribution in [0, 0.1) is 0 Å². The highest BCUT2D eigenvalue weighted by molar-refractivity contribution is 5.85. The number of fused-ring (bicyclic) bond motifs is 1. The van der Waals surface area contributed by atoms with E-state index in [1.165, 1.54) is 0 Å².